The van der Waals surface area contributed by atoms with E-state index in [1.807, 2.05) is 11.0 Å². The summed E-state index contributed by atoms with van der Waals surface area (Å²) in [5.41, 5.74) is 1.86. The lowest BCUT2D eigenvalue weighted by Gasteiger charge is -2.40. The van der Waals surface area contributed by atoms with Gasteiger partial charge >= 0.3 is 0 Å². The smallest absolute Gasteiger partial charge is 0.273 e. The fourth-order valence-electron chi connectivity index (χ4n) is 3.13. The van der Waals surface area contributed by atoms with Gasteiger partial charge in [0.2, 0.25) is 0 Å². The number of aromatic nitrogens is 3. The highest BCUT2D eigenvalue weighted by molar-refractivity contribution is 5.92. The zero-order valence-corrected chi connectivity index (χ0v) is 12.5. The summed E-state index contributed by atoms with van der Waals surface area (Å²) in [6.45, 7) is 3.77. The highest BCUT2D eigenvalue weighted by atomic mass is 16.2. The van der Waals surface area contributed by atoms with Gasteiger partial charge in [0.15, 0.2) is 0 Å². The van der Waals surface area contributed by atoms with Gasteiger partial charge in [0.1, 0.15) is 5.69 Å². The Morgan fingerprint density at radius 3 is 2.71 bits per heavy atom. The van der Waals surface area contributed by atoms with Crippen molar-refractivity contribution in [2.24, 2.45) is 7.05 Å². The summed E-state index contributed by atoms with van der Waals surface area (Å²) in [6, 6.07) is 10.5. The zero-order chi connectivity index (χ0) is 14.9. The Kier molecular flexibility index (Phi) is 3.49. The number of aryl methyl sites for hydroxylation is 1. The third-order valence-electron chi connectivity index (χ3n) is 4.39. The van der Waals surface area contributed by atoms with Gasteiger partial charge in [-0.05, 0) is 18.4 Å². The van der Waals surface area contributed by atoms with Crippen molar-refractivity contribution >= 4 is 5.91 Å². The van der Waals surface area contributed by atoms with E-state index in [1.165, 1.54) is 16.4 Å². The van der Waals surface area contributed by atoms with E-state index in [1.54, 1.807) is 7.05 Å². The van der Waals surface area contributed by atoms with Crippen LogP contribution in [0.2, 0.25) is 0 Å². The third-order valence-corrected chi connectivity index (χ3v) is 4.39. The minimum Gasteiger partial charge on any atom is -0.336 e. The van der Waals surface area contributed by atoms with E-state index < -0.39 is 0 Å². The predicted octanol–water partition coefficient (Wildman–Crippen LogP) is 2.01. The lowest BCUT2D eigenvalue weighted by Crippen LogP contribution is -2.47. The number of piperidine rings is 1. The summed E-state index contributed by atoms with van der Waals surface area (Å²) in [7, 11) is 1.75. The summed E-state index contributed by atoms with van der Waals surface area (Å²) in [4.78, 5) is 14.6. The largest absolute Gasteiger partial charge is 0.336 e. The Labute approximate surface area is 124 Å². The van der Waals surface area contributed by atoms with Gasteiger partial charge in [0.05, 0.1) is 6.20 Å². The Morgan fingerprint density at radius 2 is 2.05 bits per heavy atom. The van der Waals surface area contributed by atoms with Crippen LogP contribution in [0.4, 0.5) is 0 Å². The number of nitrogens with zero attached hydrogens (tertiary/aromatic N) is 4. The van der Waals surface area contributed by atoms with Gasteiger partial charge < -0.3 is 4.90 Å². The van der Waals surface area contributed by atoms with Crippen molar-refractivity contribution in [3.8, 4) is 0 Å². The molecule has 1 aliphatic rings. The summed E-state index contributed by atoms with van der Waals surface area (Å²) in [6.07, 6.45) is 3.66. The van der Waals surface area contributed by atoms with Crippen LogP contribution in [-0.4, -0.2) is 38.9 Å². The second-order valence-electron chi connectivity index (χ2n) is 6.00. The van der Waals surface area contributed by atoms with Crippen molar-refractivity contribution in [1.29, 1.82) is 0 Å². The van der Waals surface area contributed by atoms with Crippen LogP contribution in [0.25, 0.3) is 0 Å². The van der Waals surface area contributed by atoms with Gasteiger partial charge in [0, 0.05) is 25.6 Å². The molecule has 0 spiro atoms. The molecule has 5 nitrogen and oxygen atoms in total. The number of carbonyl (C=O) groups excluding carboxylic acids is 1. The molecule has 1 saturated heterocycles. The lowest BCUT2D eigenvalue weighted by atomic mass is 9.76. The molecule has 2 aromatic rings. The first kappa shape index (κ1) is 13.8. The van der Waals surface area contributed by atoms with Crippen LogP contribution in [0.5, 0.6) is 0 Å². The Balaban J connectivity index is 1.83. The molecule has 1 aliphatic heterocycles. The van der Waals surface area contributed by atoms with Gasteiger partial charge in [-0.15, -0.1) is 5.10 Å². The molecular weight excluding hydrogens is 264 g/mol. The number of hydrogen-bond acceptors (Lipinski definition) is 3. The maximum Gasteiger partial charge on any atom is 0.273 e. The molecule has 0 radical (unpaired) electrons. The first-order valence-electron chi connectivity index (χ1n) is 7.30. The van der Waals surface area contributed by atoms with Gasteiger partial charge in [-0.25, -0.2) is 4.68 Å². The van der Waals surface area contributed by atoms with E-state index in [2.05, 4.69) is 41.5 Å². The number of benzene rings is 1. The topological polar surface area (TPSA) is 51.0 Å². The minimum atomic E-state index is 0.0151. The molecule has 1 aromatic heterocycles. The Morgan fingerprint density at radius 1 is 1.29 bits per heavy atom. The van der Waals surface area contributed by atoms with Crippen molar-refractivity contribution in [3.05, 3.63) is 47.8 Å². The summed E-state index contributed by atoms with van der Waals surface area (Å²) >= 11 is 0. The van der Waals surface area contributed by atoms with Crippen LogP contribution in [0.15, 0.2) is 36.5 Å². The molecule has 110 valence electrons. The van der Waals surface area contributed by atoms with Gasteiger partial charge in [-0.2, -0.15) is 0 Å². The van der Waals surface area contributed by atoms with Crippen molar-refractivity contribution in [3.63, 3.8) is 0 Å². The van der Waals surface area contributed by atoms with Crippen LogP contribution in [0.1, 0.15) is 35.8 Å². The zero-order valence-electron chi connectivity index (χ0n) is 12.5. The molecule has 1 aromatic carbocycles. The predicted molar refractivity (Wildman–Crippen MR) is 79.9 cm³/mol. The molecule has 0 N–H and O–H groups in total. The number of hydrogen-bond donors (Lipinski definition) is 0. The van der Waals surface area contributed by atoms with Crippen molar-refractivity contribution in [1.82, 2.24) is 19.9 Å². The quantitative estimate of drug-likeness (QED) is 0.847. The van der Waals surface area contributed by atoms with E-state index in [4.69, 9.17) is 0 Å². The maximum atomic E-state index is 12.6. The van der Waals surface area contributed by atoms with Crippen molar-refractivity contribution in [2.75, 3.05) is 13.1 Å². The molecule has 1 fully saturated rings. The second kappa shape index (κ2) is 5.31. The van der Waals surface area contributed by atoms with Gasteiger partial charge in [0.25, 0.3) is 5.91 Å². The fourth-order valence-corrected chi connectivity index (χ4v) is 3.13. The fraction of sp³-hybridized carbons (Fsp3) is 0.438. The summed E-state index contributed by atoms with van der Waals surface area (Å²) < 4.78 is 1.54. The average molecular weight is 284 g/mol. The standard InChI is InChI=1S/C16H20N4O/c1-16(13-7-4-3-5-8-13)9-6-10-20(12-16)15(21)14-11-17-18-19(14)2/h3-5,7-8,11H,6,9-10,12H2,1-2H3. The normalized spacial score (nSPS) is 22.3. The Bertz CT molecular complexity index is 637. The first-order valence-corrected chi connectivity index (χ1v) is 7.30. The molecule has 21 heavy (non-hydrogen) atoms. The molecule has 1 amide bonds. The SMILES string of the molecule is Cn1nncc1C(=O)N1CCCC(C)(c2ccccc2)C1. The molecular formula is C16H20N4O. The molecule has 2 heterocycles. The highest BCUT2D eigenvalue weighted by Gasteiger charge is 2.35. The number of rotatable bonds is 2. The number of amides is 1. The molecule has 0 bridgehead atoms. The van der Waals surface area contributed by atoms with E-state index in [9.17, 15) is 4.79 Å². The molecule has 0 aliphatic carbocycles. The molecule has 5 heteroatoms. The van der Waals surface area contributed by atoms with Gasteiger partial charge in [-0.3, -0.25) is 4.79 Å². The first-order chi connectivity index (χ1) is 10.1. The summed E-state index contributed by atoms with van der Waals surface area (Å²) in [5, 5.41) is 7.64. The van der Waals surface area contributed by atoms with Crippen LogP contribution < -0.4 is 0 Å². The van der Waals surface area contributed by atoms with Crippen LogP contribution in [0, 0.1) is 0 Å². The number of carbonyl (C=O) groups is 1. The Hall–Kier alpha value is -2.17. The van der Waals surface area contributed by atoms with E-state index in [-0.39, 0.29) is 11.3 Å². The molecule has 1 unspecified atom stereocenters. The van der Waals surface area contributed by atoms with Crippen molar-refractivity contribution in [2.45, 2.75) is 25.2 Å². The van der Waals surface area contributed by atoms with Crippen LogP contribution >= 0.6 is 0 Å². The monoisotopic (exact) mass is 284 g/mol. The van der Waals surface area contributed by atoms with E-state index >= 15 is 0 Å². The molecule has 0 saturated carbocycles. The highest BCUT2D eigenvalue weighted by Crippen LogP contribution is 2.33. The third kappa shape index (κ3) is 2.55. The molecule has 1 atom stereocenters. The average Bonchev–Trinajstić information content (AvgIpc) is 2.93. The maximum absolute atomic E-state index is 12.6. The molecule has 3 rings (SSSR count). The van der Waals surface area contributed by atoms with Gasteiger partial charge in [-0.1, -0.05) is 42.5 Å². The van der Waals surface area contributed by atoms with Crippen LogP contribution in [0.3, 0.4) is 0 Å². The second-order valence-corrected chi connectivity index (χ2v) is 6.00. The summed E-state index contributed by atoms with van der Waals surface area (Å²) in [5.74, 6) is 0.0179. The van der Waals surface area contributed by atoms with E-state index in [0.29, 0.717) is 5.69 Å². The lowest BCUT2D eigenvalue weighted by molar-refractivity contribution is 0.0640. The van der Waals surface area contributed by atoms with E-state index in [0.717, 1.165) is 25.9 Å². The van der Waals surface area contributed by atoms with Crippen LogP contribution in [-0.2, 0) is 12.5 Å². The minimum absolute atomic E-state index is 0.0151. The van der Waals surface area contributed by atoms with Crippen molar-refractivity contribution < 1.29 is 4.79 Å². The number of likely N-dealkylation sites (tertiary alicyclic amines) is 1.